The maximum absolute atomic E-state index is 12.6. The molecule has 7 nitrogen and oxygen atoms in total. The van der Waals surface area contributed by atoms with E-state index in [9.17, 15) is 14.4 Å². The highest BCUT2D eigenvalue weighted by molar-refractivity contribution is 5.98. The van der Waals surface area contributed by atoms with Gasteiger partial charge in [0.1, 0.15) is 12.1 Å². The van der Waals surface area contributed by atoms with Crippen LogP contribution >= 0.6 is 0 Å². The molecule has 2 amide bonds. The molecular weight excluding hydrogens is 310 g/mol. The van der Waals surface area contributed by atoms with Crippen molar-refractivity contribution in [1.29, 1.82) is 0 Å². The predicted molar refractivity (Wildman–Crippen MR) is 85.1 cm³/mol. The fourth-order valence-corrected chi connectivity index (χ4v) is 3.67. The molecule has 24 heavy (non-hydrogen) atoms. The number of hydrogen-bond acceptors (Lipinski definition) is 3. The van der Waals surface area contributed by atoms with Crippen LogP contribution in [0.1, 0.15) is 24.1 Å². The molecule has 0 aliphatic carbocycles. The average molecular weight is 327 g/mol. The van der Waals surface area contributed by atoms with Crippen molar-refractivity contribution in [2.75, 3.05) is 0 Å². The van der Waals surface area contributed by atoms with Gasteiger partial charge < -0.3 is 20.3 Å². The van der Waals surface area contributed by atoms with E-state index in [1.54, 1.807) is 4.90 Å². The molecule has 1 fully saturated rings. The zero-order chi connectivity index (χ0) is 16.8. The normalized spacial score (nSPS) is 22.9. The van der Waals surface area contributed by atoms with Gasteiger partial charge in [0.15, 0.2) is 0 Å². The Hall–Kier alpha value is -2.83. The second-order valence-electron chi connectivity index (χ2n) is 6.31. The van der Waals surface area contributed by atoms with Gasteiger partial charge in [-0.15, -0.1) is 0 Å². The number of carboxylic acid groups (broad SMARTS) is 1. The number of amides is 2. The summed E-state index contributed by atoms with van der Waals surface area (Å²) >= 11 is 0. The van der Waals surface area contributed by atoms with Crippen molar-refractivity contribution in [3.63, 3.8) is 0 Å². The maximum Gasteiger partial charge on any atom is 0.303 e. The third-order valence-electron chi connectivity index (χ3n) is 4.85. The van der Waals surface area contributed by atoms with Gasteiger partial charge in [-0.1, -0.05) is 18.2 Å². The van der Waals surface area contributed by atoms with Gasteiger partial charge in [0.2, 0.25) is 11.8 Å². The lowest BCUT2D eigenvalue weighted by molar-refractivity contribution is -0.151. The van der Waals surface area contributed by atoms with Gasteiger partial charge in [0, 0.05) is 29.4 Å². The molecule has 3 heterocycles. The Bertz CT molecular complexity index is 857. The largest absolute Gasteiger partial charge is 0.481 e. The molecule has 0 spiro atoms. The first-order valence-corrected chi connectivity index (χ1v) is 7.95. The van der Waals surface area contributed by atoms with E-state index in [-0.39, 0.29) is 24.7 Å². The van der Waals surface area contributed by atoms with E-state index in [1.807, 2.05) is 24.3 Å². The smallest absolute Gasteiger partial charge is 0.303 e. The van der Waals surface area contributed by atoms with Gasteiger partial charge in [-0.25, -0.2) is 0 Å². The maximum atomic E-state index is 12.6. The zero-order valence-electron chi connectivity index (χ0n) is 12.9. The van der Waals surface area contributed by atoms with E-state index in [2.05, 4.69) is 10.3 Å². The summed E-state index contributed by atoms with van der Waals surface area (Å²) in [7, 11) is 0. The fraction of sp³-hybridized carbons (Fsp3) is 0.353. The number of aromatic nitrogens is 1. The summed E-state index contributed by atoms with van der Waals surface area (Å²) in [6, 6.07) is 6.61. The number of piperazine rings is 1. The lowest BCUT2D eigenvalue weighted by Gasteiger charge is -2.41. The van der Waals surface area contributed by atoms with Gasteiger partial charge >= 0.3 is 5.97 Å². The number of nitrogens with zero attached hydrogens (tertiary/aromatic N) is 1. The summed E-state index contributed by atoms with van der Waals surface area (Å²) < 4.78 is 0. The Labute approximate surface area is 137 Å². The minimum absolute atomic E-state index is 0.114. The highest BCUT2D eigenvalue weighted by Gasteiger charge is 2.43. The molecule has 1 aromatic heterocycles. The molecule has 1 saturated heterocycles. The zero-order valence-corrected chi connectivity index (χ0v) is 12.9. The fourth-order valence-electron chi connectivity index (χ4n) is 3.67. The quantitative estimate of drug-likeness (QED) is 0.775. The molecule has 0 bridgehead atoms. The molecule has 0 unspecified atom stereocenters. The Kier molecular flexibility index (Phi) is 3.30. The summed E-state index contributed by atoms with van der Waals surface area (Å²) in [5.41, 5.74) is 3.03. The van der Waals surface area contributed by atoms with Gasteiger partial charge in [-0.3, -0.25) is 14.4 Å². The molecule has 4 rings (SSSR count). The van der Waals surface area contributed by atoms with E-state index < -0.39 is 18.1 Å². The number of carbonyl (C=O) groups is 3. The van der Waals surface area contributed by atoms with Crippen molar-refractivity contribution in [2.24, 2.45) is 0 Å². The number of para-hydroxylation sites is 1. The van der Waals surface area contributed by atoms with Crippen LogP contribution in [0, 0.1) is 0 Å². The molecule has 2 aliphatic rings. The second-order valence-corrected chi connectivity index (χ2v) is 6.31. The Balaban J connectivity index is 1.65. The van der Waals surface area contributed by atoms with Crippen LogP contribution in [-0.2, 0) is 27.3 Å². The van der Waals surface area contributed by atoms with Crippen molar-refractivity contribution >= 4 is 28.7 Å². The van der Waals surface area contributed by atoms with Crippen LogP contribution in [0.25, 0.3) is 10.9 Å². The number of hydrogen-bond donors (Lipinski definition) is 3. The Morgan fingerprint density at radius 1 is 1.29 bits per heavy atom. The summed E-state index contributed by atoms with van der Waals surface area (Å²) in [4.78, 5) is 40.7. The summed E-state index contributed by atoms with van der Waals surface area (Å²) in [5.74, 6) is -1.39. The number of fused-ring (bicyclic) bond motifs is 4. The molecule has 2 atom stereocenters. The van der Waals surface area contributed by atoms with E-state index in [4.69, 9.17) is 5.11 Å². The van der Waals surface area contributed by atoms with Crippen molar-refractivity contribution in [3.05, 3.63) is 35.5 Å². The van der Waals surface area contributed by atoms with E-state index in [0.717, 1.165) is 22.2 Å². The van der Waals surface area contributed by atoms with E-state index >= 15 is 0 Å². The number of aliphatic carboxylic acids is 1. The van der Waals surface area contributed by atoms with Crippen LogP contribution in [0.5, 0.6) is 0 Å². The van der Waals surface area contributed by atoms with Crippen LogP contribution in [0.4, 0.5) is 0 Å². The minimum atomic E-state index is -0.976. The molecule has 124 valence electrons. The number of carbonyl (C=O) groups excluding carboxylic acids is 2. The minimum Gasteiger partial charge on any atom is -0.481 e. The van der Waals surface area contributed by atoms with E-state index in [1.165, 1.54) is 0 Å². The van der Waals surface area contributed by atoms with Crippen LogP contribution in [0.2, 0.25) is 0 Å². The summed E-state index contributed by atoms with van der Waals surface area (Å²) in [5, 5.41) is 12.6. The molecule has 3 N–H and O–H groups in total. The number of carboxylic acids is 1. The van der Waals surface area contributed by atoms with Crippen molar-refractivity contribution in [2.45, 2.75) is 37.9 Å². The Morgan fingerprint density at radius 3 is 2.88 bits per heavy atom. The molecule has 2 aliphatic heterocycles. The third-order valence-corrected chi connectivity index (χ3v) is 4.85. The van der Waals surface area contributed by atoms with Crippen LogP contribution in [0.15, 0.2) is 24.3 Å². The number of benzene rings is 1. The highest BCUT2D eigenvalue weighted by Crippen LogP contribution is 2.32. The number of rotatable bonds is 3. The number of nitrogens with one attached hydrogen (secondary N) is 2. The van der Waals surface area contributed by atoms with E-state index in [0.29, 0.717) is 13.0 Å². The van der Waals surface area contributed by atoms with Crippen molar-refractivity contribution < 1.29 is 19.5 Å². The lowest BCUT2D eigenvalue weighted by Crippen LogP contribution is -2.64. The first-order chi connectivity index (χ1) is 11.5. The lowest BCUT2D eigenvalue weighted by atomic mass is 9.92. The van der Waals surface area contributed by atoms with Crippen LogP contribution in [0.3, 0.4) is 0 Å². The molecule has 0 radical (unpaired) electrons. The van der Waals surface area contributed by atoms with Gasteiger partial charge in [-0.2, -0.15) is 0 Å². The molecular formula is C17H17N3O4. The monoisotopic (exact) mass is 327 g/mol. The molecule has 2 aromatic rings. The summed E-state index contributed by atoms with van der Waals surface area (Å²) in [6.45, 7) is 0.352. The van der Waals surface area contributed by atoms with Crippen LogP contribution in [-0.4, -0.2) is 44.9 Å². The number of aromatic amines is 1. The van der Waals surface area contributed by atoms with Gasteiger partial charge in [0.25, 0.3) is 0 Å². The van der Waals surface area contributed by atoms with Gasteiger partial charge in [0.05, 0.1) is 6.54 Å². The first kappa shape index (κ1) is 14.7. The highest BCUT2D eigenvalue weighted by atomic mass is 16.4. The van der Waals surface area contributed by atoms with Gasteiger partial charge in [-0.05, 0) is 18.1 Å². The van der Waals surface area contributed by atoms with Crippen molar-refractivity contribution in [1.82, 2.24) is 15.2 Å². The average Bonchev–Trinajstić information content (AvgIpc) is 2.93. The first-order valence-electron chi connectivity index (χ1n) is 7.95. The summed E-state index contributed by atoms with van der Waals surface area (Å²) in [6.07, 6.45) is 0.443. The van der Waals surface area contributed by atoms with Crippen molar-refractivity contribution in [3.8, 4) is 0 Å². The molecule has 1 aromatic carbocycles. The number of H-pyrrole nitrogens is 1. The molecule has 0 saturated carbocycles. The SMILES string of the molecule is O=C(O)CC[C@@H]1NC(=O)[C@@H]2Cc3c([nH]c4ccccc34)CN2C1=O. The standard InChI is InChI=1S/C17H17N3O4/c21-15(22)6-5-12-17(24)20-8-13-10(7-14(20)16(23)19-12)9-3-1-2-4-11(9)18-13/h1-4,12,14,18H,5-8H2,(H,19,23)(H,21,22)/t12-,14-/m0/s1. The second kappa shape index (κ2) is 5.36. The molecule has 7 heteroatoms. The third kappa shape index (κ3) is 2.24. The Morgan fingerprint density at radius 2 is 2.08 bits per heavy atom. The predicted octanol–water partition coefficient (Wildman–Crippen LogP) is 0.784. The van der Waals surface area contributed by atoms with Crippen LogP contribution < -0.4 is 5.32 Å². The topological polar surface area (TPSA) is 102 Å².